The van der Waals surface area contributed by atoms with E-state index in [-0.39, 0.29) is 12.5 Å². The summed E-state index contributed by atoms with van der Waals surface area (Å²) in [6.45, 7) is 3.96. The van der Waals surface area contributed by atoms with Crippen LogP contribution in [0.25, 0.3) is 0 Å². The van der Waals surface area contributed by atoms with E-state index in [9.17, 15) is 4.79 Å². The van der Waals surface area contributed by atoms with Crippen LogP contribution in [0.3, 0.4) is 0 Å². The molecule has 1 aromatic heterocycles. The van der Waals surface area contributed by atoms with Crippen molar-refractivity contribution in [3.05, 3.63) is 71.4 Å². The van der Waals surface area contributed by atoms with Crippen LogP contribution in [-0.2, 0) is 11.4 Å². The molecule has 162 valence electrons. The maximum absolute atomic E-state index is 12.1. The highest BCUT2D eigenvalue weighted by atomic mass is 32.2. The van der Waals surface area contributed by atoms with Crippen molar-refractivity contribution in [1.29, 1.82) is 5.26 Å². The molecule has 1 aliphatic heterocycles. The Morgan fingerprint density at radius 1 is 1.19 bits per heavy atom. The maximum Gasteiger partial charge on any atom is 0.242 e. The zero-order valence-electron chi connectivity index (χ0n) is 18.0. The van der Waals surface area contributed by atoms with Crippen molar-refractivity contribution >= 4 is 23.6 Å². The zero-order valence-corrected chi connectivity index (χ0v) is 18.8. The van der Waals surface area contributed by atoms with Gasteiger partial charge in [-0.25, -0.2) is 4.98 Å². The van der Waals surface area contributed by atoms with Crippen LogP contribution < -0.4 is 9.64 Å². The van der Waals surface area contributed by atoms with Crippen molar-refractivity contribution in [3.63, 3.8) is 0 Å². The number of aryl methyl sites for hydroxylation is 1. The molecule has 0 aliphatic carbocycles. The van der Waals surface area contributed by atoms with Gasteiger partial charge in [0.1, 0.15) is 6.61 Å². The lowest BCUT2D eigenvalue weighted by Gasteiger charge is -2.32. The first-order valence-electron chi connectivity index (χ1n) is 10.2. The summed E-state index contributed by atoms with van der Waals surface area (Å²) in [5.74, 6) is 0.991. The second kappa shape index (κ2) is 9.71. The molecule has 0 atom stereocenters. The van der Waals surface area contributed by atoms with Crippen molar-refractivity contribution in [1.82, 2.24) is 14.9 Å². The van der Waals surface area contributed by atoms with E-state index in [0.717, 1.165) is 20.9 Å². The number of amides is 1. The molecule has 0 bridgehead atoms. The second-order valence-corrected chi connectivity index (χ2v) is 8.71. The van der Waals surface area contributed by atoms with Gasteiger partial charge in [0.25, 0.3) is 0 Å². The Morgan fingerprint density at radius 2 is 2.00 bits per heavy atom. The van der Waals surface area contributed by atoms with E-state index >= 15 is 0 Å². The van der Waals surface area contributed by atoms with Crippen LogP contribution in [0.4, 0.5) is 5.95 Å². The Morgan fingerprint density at radius 3 is 2.72 bits per heavy atom. The minimum Gasteiger partial charge on any atom is -0.472 e. The topological polar surface area (TPSA) is 82.3 Å². The Balaban J connectivity index is 1.60. The number of hydrogen-bond donors (Lipinski definition) is 0. The molecule has 2 heterocycles. The lowest BCUT2D eigenvalue weighted by atomic mass is 10.1. The predicted molar refractivity (Wildman–Crippen MR) is 123 cm³/mol. The van der Waals surface area contributed by atoms with E-state index in [1.54, 1.807) is 30.3 Å². The fourth-order valence-corrected chi connectivity index (χ4v) is 4.10. The summed E-state index contributed by atoms with van der Waals surface area (Å²) in [6.07, 6.45) is 1.74. The van der Waals surface area contributed by atoms with Gasteiger partial charge in [-0.2, -0.15) is 10.2 Å². The molecule has 0 radical (unpaired) electrons. The number of anilines is 1. The number of carbonyl (C=O) groups excluding carboxylic acids is 1. The molecule has 8 heteroatoms. The second-order valence-electron chi connectivity index (χ2n) is 7.59. The molecule has 4 rings (SSSR count). The van der Waals surface area contributed by atoms with Gasteiger partial charge in [0.15, 0.2) is 0 Å². The number of nitrogens with zero attached hydrogens (tertiary/aromatic N) is 5. The van der Waals surface area contributed by atoms with E-state index in [0.29, 0.717) is 37.1 Å². The van der Waals surface area contributed by atoms with Gasteiger partial charge in [0.2, 0.25) is 17.7 Å². The molecule has 0 spiro atoms. The molecule has 0 saturated carbocycles. The van der Waals surface area contributed by atoms with Gasteiger partial charge in [0.05, 0.1) is 29.3 Å². The van der Waals surface area contributed by atoms with Gasteiger partial charge < -0.3 is 14.5 Å². The summed E-state index contributed by atoms with van der Waals surface area (Å²) in [6, 6.07) is 17.6. The van der Waals surface area contributed by atoms with Gasteiger partial charge in [-0.05, 0) is 36.8 Å². The van der Waals surface area contributed by atoms with Gasteiger partial charge in [-0.3, -0.25) is 4.79 Å². The molecule has 2 aromatic carbocycles. The highest BCUT2D eigenvalue weighted by Gasteiger charge is 2.24. The average molecular weight is 446 g/mol. The molecule has 1 aliphatic rings. The zero-order chi connectivity index (χ0) is 22.5. The number of likely N-dealkylation sites (N-methyl/N-ethyl adjacent to an activating group) is 1. The lowest BCUT2D eigenvalue weighted by molar-refractivity contribution is -0.129. The third-order valence-corrected chi connectivity index (χ3v) is 6.13. The average Bonchev–Trinajstić information content (AvgIpc) is 2.81. The number of piperazine rings is 1. The van der Waals surface area contributed by atoms with E-state index < -0.39 is 0 Å². The number of aromatic nitrogens is 2. The third kappa shape index (κ3) is 5.18. The fraction of sp³-hybridized carbons (Fsp3) is 0.250. The minimum absolute atomic E-state index is 0.0399. The van der Waals surface area contributed by atoms with Gasteiger partial charge >= 0.3 is 0 Å². The van der Waals surface area contributed by atoms with E-state index in [1.165, 1.54) is 11.8 Å². The van der Waals surface area contributed by atoms with Crippen LogP contribution in [-0.4, -0.2) is 47.5 Å². The van der Waals surface area contributed by atoms with E-state index in [1.807, 2.05) is 42.2 Å². The van der Waals surface area contributed by atoms with Crippen LogP contribution in [0.5, 0.6) is 5.88 Å². The quantitative estimate of drug-likeness (QED) is 0.573. The number of hydrogen-bond acceptors (Lipinski definition) is 7. The standard InChI is InChI=1S/C24H23N5O2S/c1-17-4-3-5-19(12-17)16-31-23-21(32-20-8-6-18(13-25)7-9-20)14-26-24(27-23)29-11-10-28(2)22(30)15-29/h3-9,12,14H,10-11,15-16H2,1-2H3. The first-order valence-corrected chi connectivity index (χ1v) is 11.1. The van der Waals surface area contributed by atoms with Crippen LogP contribution in [0.2, 0.25) is 0 Å². The van der Waals surface area contributed by atoms with E-state index in [4.69, 9.17) is 10.00 Å². The molecule has 0 unspecified atom stereocenters. The van der Waals surface area contributed by atoms with Gasteiger partial charge in [-0.1, -0.05) is 41.6 Å². The molecular formula is C24H23N5O2S. The Hall–Kier alpha value is -3.57. The number of benzene rings is 2. The Bertz CT molecular complexity index is 1160. The van der Waals surface area contributed by atoms with Crippen LogP contribution >= 0.6 is 11.8 Å². The molecule has 32 heavy (non-hydrogen) atoms. The SMILES string of the molecule is Cc1cccc(COc2nc(N3CCN(C)C(=O)C3)ncc2Sc2ccc(C#N)cc2)c1. The summed E-state index contributed by atoms with van der Waals surface area (Å²) in [5, 5.41) is 9.02. The van der Waals surface area contributed by atoms with Crippen molar-refractivity contribution in [3.8, 4) is 11.9 Å². The normalized spacial score (nSPS) is 13.7. The van der Waals surface area contributed by atoms with Gasteiger partial charge in [-0.15, -0.1) is 0 Å². The minimum atomic E-state index is 0.0399. The van der Waals surface area contributed by atoms with E-state index in [2.05, 4.69) is 22.1 Å². The largest absolute Gasteiger partial charge is 0.472 e. The fourth-order valence-electron chi connectivity index (χ4n) is 3.28. The van der Waals surface area contributed by atoms with Crippen molar-refractivity contribution < 1.29 is 9.53 Å². The first kappa shape index (κ1) is 21.7. The van der Waals surface area contributed by atoms with Crippen molar-refractivity contribution in [2.75, 3.05) is 31.6 Å². The summed E-state index contributed by atoms with van der Waals surface area (Å²) in [7, 11) is 1.80. The highest BCUT2D eigenvalue weighted by Crippen LogP contribution is 2.35. The molecule has 1 saturated heterocycles. The number of rotatable bonds is 6. The summed E-state index contributed by atoms with van der Waals surface area (Å²) in [5.41, 5.74) is 2.82. The highest BCUT2D eigenvalue weighted by molar-refractivity contribution is 7.99. The molecule has 0 N–H and O–H groups in total. The van der Waals surface area contributed by atoms with Crippen molar-refractivity contribution in [2.45, 2.75) is 23.3 Å². The molecule has 3 aromatic rings. The van der Waals surface area contributed by atoms with Crippen LogP contribution in [0, 0.1) is 18.3 Å². The lowest BCUT2D eigenvalue weighted by Crippen LogP contribution is -2.49. The summed E-state index contributed by atoms with van der Waals surface area (Å²) < 4.78 is 6.13. The Labute approximate surface area is 191 Å². The molecule has 1 amide bonds. The van der Waals surface area contributed by atoms with Crippen LogP contribution in [0.15, 0.2) is 64.5 Å². The predicted octanol–water partition coefficient (Wildman–Crippen LogP) is 3.67. The van der Waals surface area contributed by atoms with Gasteiger partial charge in [0, 0.05) is 25.0 Å². The number of nitriles is 1. The number of ether oxygens (including phenoxy) is 1. The maximum atomic E-state index is 12.1. The smallest absolute Gasteiger partial charge is 0.242 e. The first-order chi connectivity index (χ1) is 15.5. The van der Waals surface area contributed by atoms with Crippen LogP contribution in [0.1, 0.15) is 16.7 Å². The monoisotopic (exact) mass is 445 g/mol. The Kier molecular flexibility index (Phi) is 6.57. The molecular weight excluding hydrogens is 422 g/mol. The summed E-state index contributed by atoms with van der Waals surface area (Å²) >= 11 is 1.47. The molecule has 1 fully saturated rings. The third-order valence-electron chi connectivity index (χ3n) is 5.12. The van der Waals surface area contributed by atoms with Crippen molar-refractivity contribution in [2.24, 2.45) is 0 Å². The summed E-state index contributed by atoms with van der Waals surface area (Å²) in [4.78, 5) is 26.6. The molecule has 7 nitrogen and oxygen atoms in total. The number of carbonyl (C=O) groups is 1.